The summed E-state index contributed by atoms with van der Waals surface area (Å²) in [6.07, 6.45) is 4.67. The van der Waals surface area contributed by atoms with Crippen LogP contribution in [0.2, 0.25) is 0 Å². The van der Waals surface area contributed by atoms with E-state index in [1.54, 1.807) is 4.68 Å². The van der Waals surface area contributed by atoms with Crippen LogP contribution < -0.4 is 21.1 Å². The summed E-state index contributed by atoms with van der Waals surface area (Å²) in [6.45, 7) is 1.99. The molecule has 4 aromatic rings. The van der Waals surface area contributed by atoms with Crippen LogP contribution in [0.25, 0.3) is 5.69 Å². The summed E-state index contributed by atoms with van der Waals surface area (Å²) in [5.41, 5.74) is 8.04. The molecule has 2 aromatic heterocycles. The Hall–Kier alpha value is -4.73. The highest BCUT2D eigenvalue weighted by molar-refractivity contribution is 5.99. The number of hydrogen-bond acceptors (Lipinski definition) is 5. The second-order valence-electron chi connectivity index (χ2n) is 8.90. The molecule has 0 saturated heterocycles. The van der Waals surface area contributed by atoms with Crippen molar-refractivity contribution in [2.75, 3.05) is 10.6 Å². The van der Waals surface area contributed by atoms with Crippen LogP contribution in [0, 0.1) is 12.7 Å². The number of primary amides is 1. The highest BCUT2D eigenvalue weighted by Gasteiger charge is 2.24. The number of rotatable bonds is 7. The lowest BCUT2D eigenvalue weighted by Gasteiger charge is -2.22. The van der Waals surface area contributed by atoms with Gasteiger partial charge in [0.25, 0.3) is 5.91 Å². The van der Waals surface area contributed by atoms with Crippen molar-refractivity contribution in [2.24, 2.45) is 5.73 Å². The van der Waals surface area contributed by atoms with Crippen LogP contribution in [0.5, 0.6) is 11.5 Å². The molecule has 1 aliphatic carbocycles. The molecule has 10 heteroatoms. The molecule has 188 valence electrons. The normalized spacial score (nSPS) is 13.0. The highest BCUT2D eigenvalue weighted by Crippen LogP contribution is 2.37. The summed E-state index contributed by atoms with van der Waals surface area (Å²) < 4.78 is 22.1. The van der Waals surface area contributed by atoms with Gasteiger partial charge in [-0.25, -0.2) is 13.9 Å². The summed E-state index contributed by atoms with van der Waals surface area (Å²) in [5, 5.41) is 10.1. The van der Waals surface area contributed by atoms with Crippen LogP contribution in [-0.2, 0) is 0 Å². The zero-order chi connectivity index (χ0) is 25.9. The number of halogens is 1. The second kappa shape index (κ2) is 10.1. The number of carbonyl (C=O) groups excluding carboxylic acids is 2. The van der Waals surface area contributed by atoms with Gasteiger partial charge in [-0.2, -0.15) is 5.10 Å². The molecule has 4 N–H and O–H groups in total. The molecule has 1 aliphatic rings. The van der Waals surface area contributed by atoms with E-state index in [-0.39, 0.29) is 22.9 Å². The largest absolute Gasteiger partial charge is 0.457 e. The molecule has 0 radical (unpaired) electrons. The molecule has 1 saturated carbocycles. The fourth-order valence-corrected chi connectivity index (χ4v) is 4.02. The van der Waals surface area contributed by atoms with E-state index < -0.39 is 17.8 Å². The smallest absolute Gasteiger partial charge is 0.324 e. The Balaban J connectivity index is 1.31. The van der Waals surface area contributed by atoms with Gasteiger partial charge in [-0.15, -0.1) is 0 Å². The molecule has 3 amide bonds. The number of nitrogens with two attached hydrogens (primary N) is 1. The number of amides is 3. The Morgan fingerprint density at radius 3 is 2.57 bits per heavy atom. The molecule has 1 fully saturated rings. The van der Waals surface area contributed by atoms with Crippen LogP contribution in [0.3, 0.4) is 0 Å². The van der Waals surface area contributed by atoms with Crippen molar-refractivity contribution in [1.82, 2.24) is 14.8 Å². The number of aryl methyl sites for hydroxylation is 1. The number of anilines is 2. The molecule has 0 aliphatic heterocycles. The van der Waals surface area contributed by atoms with Crippen LogP contribution in [0.4, 0.5) is 20.7 Å². The number of aromatic nitrogens is 3. The first-order chi connectivity index (χ1) is 17.9. The fourth-order valence-electron chi connectivity index (χ4n) is 4.02. The maximum atomic E-state index is 14.8. The standard InChI is InChI=1S/C27H25FN6O3/c1-16-4-2-7-18(12-16)34-25(15-23(33-34)17-5-3-6-17)32-27(36)31-22-9-8-19(13-21(22)28)37-20-10-11-30-24(14-20)26(29)35/h2,4,7-15,17H,3,5-6H2,1H3,(H2,29,35)(H2,31,32,36). The molecule has 0 atom stereocenters. The van der Waals surface area contributed by atoms with Crippen LogP contribution in [0.15, 0.2) is 66.9 Å². The van der Waals surface area contributed by atoms with Gasteiger partial charge in [-0.05, 0) is 55.7 Å². The number of ether oxygens (including phenoxy) is 1. The summed E-state index contributed by atoms with van der Waals surface area (Å²) in [6, 6.07) is 16.0. The zero-order valence-electron chi connectivity index (χ0n) is 20.1. The van der Waals surface area contributed by atoms with Crippen molar-refractivity contribution in [3.05, 3.63) is 89.6 Å². The number of nitrogens with one attached hydrogen (secondary N) is 2. The third-order valence-electron chi connectivity index (χ3n) is 6.15. The number of carbonyl (C=O) groups is 2. The molecule has 0 unspecified atom stereocenters. The summed E-state index contributed by atoms with van der Waals surface area (Å²) in [5.74, 6) is -0.0848. The van der Waals surface area contributed by atoms with E-state index in [2.05, 4.69) is 15.6 Å². The van der Waals surface area contributed by atoms with E-state index >= 15 is 0 Å². The first-order valence-corrected chi connectivity index (χ1v) is 11.8. The Bertz CT molecular complexity index is 1480. The van der Waals surface area contributed by atoms with Crippen LogP contribution in [-0.4, -0.2) is 26.7 Å². The van der Waals surface area contributed by atoms with Crippen molar-refractivity contribution in [1.29, 1.82) is 0 Å². The van der Waals surface area contributed by atoms with E-state index in [9.17, 15) is 14.0 Å². The molecule has 9 nitrogen and oxygen atoms in total. The van der Waals surface area contributed by atoms with Crippen molar-refractivity contribution in [3.63, 3.8) is 0 Å². The van der Waals surface area contributed by atoms with Crippen LogP contribution >= 0.6 is 0 Å². The molecular weight excluding hydrogens is 475 g/mol. The number of urea groups is 1. The minimum Gasteiger partial charge on any atom is -0.457 e. The Morgan fingerprint density at radius 1 is 1.05 bits per heavy atom. The SMILES string of the molecule is Cc1cccc(-n2nc(C3CCC3)cc2NC(=O)Nc2ccc(Oc3ccnc(C(N)=O)c3)cc2F)c1. The lowest BCUT2D eigenvalue weighted by atomic mass is 9.83. The van der Waals surface area contributed by atoms with Gasteiger partial charge in [0, 0.05) is 30.3 Å². The minimum atomic E-state index is -0.703. The predicted molar refractivity (Wildman–Crippen MR) is 137 cm³/mol. The van der Waals surface area contributed by atoms with E-state index in [0.717, 1.165) is 42.3 Å². The minimum absolute atomic E-state index is 0.0262. The summed E-state index contributed by atoms with van der Waals surface area (Å²) >= 11 is 0. The highest BCUT2D eigenvalue weighted by atomic mass is 19.1. The molecule has 5 rings (SSSR count). The van der Waals surface area contributed by atoms with Gasteiger partial charge in [0.15, 0.2) is 0 Å². The lowest BCUT2D eigenvalue weighted by molar-refractivity contribution is 0.0995. The van der Waals surface area contributed by atoms with Crippen LogP contribution in [0.1, 0.15) is 46.9 Å². The third kappa shape index (κ3) is 5.43. The molecule has 2 aromatic carbocycles. The predicted octanol–water partition coefficient (Wildman–Crippen LogP) is 5.52. The number of nitrogens with zero attached hydrogens (tertiary/aromatic N) is 3. The monoisotopic (exact) mass is 500 g/mol. The van der Waals surface area contributed by atoms with Gasteiger partial charge in [-0.3, -0.25) is 15.1 Å². The summed E-state index contributed by atoms with van der Waals surface area (Å²) in [7, 11) is 0. The Labute approximate surface area is 212 Å². The maximum absolute atomic E-state index is 14.8. The van der Waals surface area contributed by atoms with Gasteiger partial charge in [0.05, 0.1) is 17.1 Å². The van der Waals surface area contributed by atoms with Crippen molar-refractivity contribution >= 4 is 23.4 Å². The number of pyridine rings is 1. The van der Waals surface area contributed by atoms with Gasteiger partial charge < -0.3 is 15.8 Å². The second-order valence-corrected chi connectivity index (χ2v) is 8.90. The number of benzene rings is 2. The van der Waals surface area contributed by atoms with Crippen molar-refractivity contribution < 1.29 is 18.7 Å². The Morgan fingerprint density at radius 2 is 1.86 bits per heavy atom. The fraction of sp³-hybridized carbons (Fsp3) is 0.185. The van der Waals surface area contributed by atoms with E-state index in [0.29, 0.717) is 11.7 Å². The topological polar surface area (TPSA) is 124 Å². The van der Waals surface area contributed by atoms with E-state index in [4.69, 9.17) is 15.6 Å². The molecule has 2 heterocycles. The average molecular weight is 501 g/mol. The van der Waals surface area contributed by atoms with E-state index in [1.165, 1.54) is 30.5 Å². The molecule has 0 spiro atoms. The first-order valence-electron chi connectivity index (χ1n) is 11.8. The van der Waals surface area contributed by atoms with Gasteiger partial charge >= 0.3 is 6.03 Å². The molecule has 0 bridgehead atoms. The third-order valence-corrected chi connectivity index (χ3v) is 6.15. The quantitative estimate of drug-likeness (QED) is 0.308. The Kier molecular flexibility index (Phi) is 6.55. The molecule has 37 heavy (non-hydrogen) atoms. The van der Waals surface area contributed by atoms with Crippen molar-refractivity contribution in [3.8, 4) is 17.2 Å². The van der Waals surface area contributed by atoms with Gasteiger partial charge in [-0.1, -0.05) is 18.6 Å². The lowest BCUT2D eigenvalue weighted by Crippen LogP contribution is -2.22. The van der Waals surface area contributed by atoms with Gasteiger partial charge in [0.1, 0.15) is 28.8 Å². The van der Waals surface area contributed by atoms with E-state index in [1.807, 2.05) is 37.3 Å². The average Bonchev–Trinajstić information content (AvgIpc) is 3.22. The number of hydrogen-bond donors (Lipinski definition) is 3. The first kappa shape index (κ1) is 24.0. The van der Waals surface area contributed by atoms with Gasteiger partial charge in [0.2, 0.25) is 0 Å². The molecular formula is C27H25FN6O3. The zero-order valence-corrected chi connectivity index (χ0v) is 20.1. The summed E-state index contributed by atoms with van der Waals surface area (Å²) in [4.78, 5) is 28.0. The maximum Gasteiger partial charge on any atom is 0.324 e. The van der Waals surface area contributed by atoms with Crippen molar-refractivity contribution in [2.45, 2.75) is 32.1 Å².